The largest absolute Gasteiger partial charge is 0.204 e. The first-order chi connectivity index (χ1) is 9.13. The highest BCUT2D eigenvalue weighted by atomic mass is 19.2. The highest BCUT2D eigenvalue weighted by Crippen LogP contribution is 2.40. The van der Waals surface area contributed by atoms with Crippen LogP contribution in [0.15, 0.2) is 18.2 Å². The van der Waals surface area contributed by atoms with E-state index in [1.165, 1.54) is 31.7 Å². The Morgan fingerprint density at radius 3 is 2.47 bits per heavy atom. The van der Waals surface area contributed by atoms with Crippen molar-refractivity contribution in [3.05, 3.63) is 35.4 Å². The third kappa shape index (κ3) is 3.34. The molecule has 1 saturated carbocycles. The minimum absolute atomic E-state index is 0.123. The first-order valence-corrected chi connectivity index (χ1v) is 7.57. The second-order valence-corrected chi connectivity index (χ2v) is 6.00. The van der Waals surface area contributed by atoms with Gasteiger partial charge in [-0.25, -0.2) is 8.78 Å². The van der Waals surface area contributed by atoms with Crippen molar-refractivity contribution in [2.24, 2.45) is 11.8 Å². The Labute approximate surface area is 115 Å². The van der Waals surface area contributed by atoms with Crippen LogP contribution in [0.4, 0.5) is 8.78 Å². The minimum atomic E-state index is -0.719. The molecule has 1 unspecified atom stereocenters. The molecule has 0 spiro atoms. The van der Waals surface area contributed by atoms with Crippen molar-refractivity contribution in [3.63, 3.8) is 0 Å². The summed E-state index contributed by atoms with van der Waals surface area (Å²) >= 11 is 0. The maximum Gasteiger partial charge on any atom is 0.162 e. The summed E-state index contributed by atoms with van der Waals surface area (Å²) in [5.74, 6) is 0.114. The standard InChI is InChI=1S/C17H24F2/c1-3-5-13-8-10-14(11-9-13)12(2)15-6-4-7-16(18)17(15)19/h4,6-7,12-14H,3,5,8-11H2,1-2H3. The molecule has 0 bridgehead atoms. The van der Waals surface area contributed by atoms with E-state index in [1.807, 2.05) is 6.92 Å². The molecule has 0 aromatic heterocycles. The highest BCUT2D eigenvalue weighted by molar-refractivity contribution is 5.23. The molecule has 1 aliphatic rings. The molecule has 1 fully saturated rings. The minimum Gasteiger partial charge on any atom is -0.204 e. The Bertz CT molecular complexity index is 406. The second-order valence-electron chi connectivity index (χ2n) is 6.00. The lowest BCUT2D eigenvalue weighted by Crippen LogP contribution is -2.20. The van der Waals surface area contributed by atoms with Gasteiger partial charge in [0.2, 0.25) is 0 Å². The van der Waals surface area contributed by atoms with Crippen molar-refractivity contribution in [2.45, 2.75) is 58.3 Å². The molecule has 1 aromatic carbocycles. The molecule has 0 radical (unpaired) electrons. The van der Waals surface area contributed by atoms with Gasteiger partial charge in [0.05, 0.1) is 0 Å². The van der Waals surface area contributed by atoms with Crippen LogP contribution in [0.25, 0.3) is 0 Å². The SMILES string of the molecule is CCCC1CCC(C(C)c2cccc(F)c2F)CC1. The third-order valence-electron chi connectivity index (χ3n) is 4.77. The normalized spacial score (nSPS) is 25.3. The molecule has 1 aromatic rings. The smallest absolute Gasteiger partial charge is 0.162 e. The van der Waals surface area contributed by atoms with Crippen LogP contribution >= 0.6 is 0 Å². The van der Waals surface area contributed by atoms with Crippen LogP contribution in [0.3, 0.4) is 0 Å². The molecular weight excluding hydrogens is 242 g/mol. The predicted molar refractivity (Wildman–Crippen MR) is 75.1 cm³/mol. The predicted octanol–water partition coefficient (Wildman–Crippen LogP) is 5.67. The van der Waals surface area contributed by atoms with Crippen LogP contribution in [-0.4, -0.2) is 0 Å². The van der Waals surface area contributed by atoms with Crippen LogP contribution in [0, 0.1) is 23.5 Å². The van der Waals surface area contributed by atoms with E-state index in [4.69, 9.17) is 0 Å². The van der Waals surface area contributed by atoms with Gasteiger partial charge in [0.25, 0.3) is 0 Å². The zero-order chi connectivity index (χ0) is 13.8. The van der Waals surface area contributed by atoms with Gasteiger partial charge in [0, 0.05) is 0 Å². The number of hydrogen-bond donors (Lipinski definition) is 0. The van der Waals surface area contributed by atoms with Crippen LogP contribution in [0.5, 0.6) is 0 Å². The lowest BCUT2D eigenvalue weighted by Gasteiger charge is -2.32. The Morgan fingerprint density at radius 1 is 1.16 bits per heavy atom. The van der Waals surface area contributed by atoms with Crippen molar-refractivity contribution >= 4 is 0 Å². The van der Waals surface area contributed by atoms with Gasteiger partial charge in [-0.05, 0) is 42.2 Å². The molecule has 2 heteroatoms. The van der Waals surface area contributed by atoms with Gasteiger partial charge in [0.1, 0.15) is 0 Å². The Morgan fingerprint density at radius 2 is 1.84 bits per heavy atom. The summed E-state index contributed by atoms with van der Waals surface area (Å²) in [6.07, 6.45) is 7.38. The van der Waals surface area contributed by atoms with E-state index in [0.29, 0.717) is 11.5 Å². The zero-order valence-corrected chi connectivity index (χ0v) is 12.0. The van der Waals surface area contributed by atoms with Gasteiger partial charge in [-0.15, -0.1) is 0 Å². The zero-order valence-electron chi connectivity index (χ0n) is 12.0. The molecule has 1 atom stereocenters. The average molecular weight is 266 g/mol. The van der Waals surface area contributed by atoms with E-state index in [9.17, 15) is 8.78 Å². The summed E-state index contributed by atoms with van der Waals surface area (Å²) < 4.78 is 27.1. The fourth-order valence-electron chi connectivity index (χ4n) is 3.51. The maximum absolute atomic E-state index is 13.8. The van der Waals surface area contributed by atoms with Gasteiger partial charge in [-0.1, -0.05) is 51.7 Å². The molecule has 0 amide bonds. The van der Waals surface area contributed by atoms with Crippen molar-refractivity contribution in [3.8, 4) is 0 Å². The van der Waals surface area contributed by atoms with Gasteiger partial charge >= 0.3 is 0 Å². The molecule has 0 heterocycles. The third-order valence-corrected chi connectivity index (χ3v) is 4.77. The molecule has 1 aliphatic carbocycles. The Hall–Kier alpha value is -0.920. The summed E-state index contributed by atoms with van der Waals surface area (Å²) in [6, 6.07) is 4.55. The summed E-state index contributed by atoms with van der Waals surface area (Å²) in [5.41, 5.74) is 0.555. The molecule has 19 heavy (non-hydrogen) atoms. The van der Waals surface area contributed by atoms with E-state index in [1.54, 1.807) is 12.1 Å². The van der Waals surface area contributed by atoms with Crippen molar-refractivity contribution in [2.75, 3.05) is 0 Å². The number of rotatable bonds is 4. The fourth-order valence-corrected chi connectivity index (χ4v) is 3.51. The van der Waals surface area contributed by atoms with E-state index in [0.717, 1.165) is 18.8 Å². The molecule has 0 saturated heterocycles. The van der Waals surface area contributed by atoms with Crippen LogP contribution < -0.4 is 0 Å². The maximum atomic E-state index is 13.8. The summed E-state index contributed by atoms with van der Waals surface area (Å²) in [4.78, 5) is 0. The van der Waals surface area contributed by atoms with Crippen molar-refractivity contribution < 1.29 is 8.78 Å². The van der Waals surface area contributed by atoms with Gasteiger partial charge < -0.3 is 0 Å². The fraction of sp³-hybridized carbons (Fsp3) is 0.647. The summed E-state index contributed by atoms with van der Waals surface area (Å²) in [7, 11) is 0. The van der Waals surface area contributed by atoms with Crippen LogP contribution in [0.2, 0.25) is 0 Å². The lowest BCUT2D eigenvalue weighted by molar-refractivity contribution is 0.236. The molecule has 0 nitrogen and oxygen atoms in total. The number of halogens is 2. The molecule has 106 valence electrons. The van der Waals surface area contributed by atoms with E-state index < -0.39 is 11.6 Å². The quantitative estimate of drug-likeness (QED) is 0.658. The van der Waals surface area contributed by atoms with E-state index >= 15 is 0 Å². The first kappa shape index (κ1) is 14.5. The molecular formula is C17H24F2. The Balaban J connectivity index is 2.01. The van der Waals surface area contributed by atoms with Crippen molar-refractivity contribution in [1.29, 1.82) is 0 Å². The van der Waals surface area contributed by atoms with Gasteiger partial charge in [-0.3, -0.25) is 0 Å². The Kier molecular flexibility index (Phi) is 4.95. The number of benzene rings is 1. The average Bonchev–Trinajstić information content (AvgIpc) is 2.42. The highest BCUT2D eigenvalue weighted by Gasteiger charge is 2.27. The van der Waals surface area contributed by atoms with Crippen molar-refractivity contribution in [1.82, 2.24) is 0 Å². The molecule has 0 aliphatic heterocycles. The molecule has 2 rings (SSSR count). The first-order valence-electron chi connectivity index (χ1n) is 7.57. The monoisotopic (exact) mass is 266 g/mol. The van der Waals surface area contributed by atoms with Gasteiger partial charge in [-0.2, -0.15) is 0 Å². The van der Waals surface area contributed by atoms with E-state index in [2.05, 4.69) is 6.92 Å². The van der Waals surface area contributed by atoms with Gasteiger partial charge in [0.15, 0.2) is 11.6 Å². The second kappa shape index (κ2) is 6.49. The lowest BCUT2D eigenvalue weighted by atomic mass is 9.73. The molecule has 0 N–H and O–H groups in total. The topological polar surface area (TPSA) is 0 Å². The van der Waals surface area contributed by atoms with Crippen LogP contribution in [0.1, 0.15) is 63.9 Å². The van der Waals surface area contributed by atoms with Crippen LogP contribution in [-0.2, 0) is 0 Å². The summed E-state index contributed by atoms with van der Waals surface area (Å²) in [5, 5.41) is 0. The van der Waals surface area contributed by atoms with E-state index in [-0.39, 0.29) is 5.92 Å². The number of hydrogen-bond acceptors (Lipinski definition) is 0. The summed E-state index contributed by atoms with van der Waals surface area (Å²) in [6.45, 7) is 4.28.